The Morgan fingerprint density at radius 1 is 1.40 bits per heavy atom. The van der Waals surface area contributed by atoms with Crippen LogP contribution in [-0.4, -0.2) is 11.7 Å². The van der Waals surface area contributed by atoms with Crippen LogP contribution in [0.15, 0.2) is 36.0 Å². The molecule has 78 valence electrons. The minimum Gasteiger partial charge on any atom is -0.318 e. The molecule has 0 N–H and O–H groups in total. The zero-order chi connectivity index (χ0) is 11.3. The first-order valence-electron chi connectivity index (χ1n) is 4.59. The maximum atomic E-state index is 10.6. The lowest BCUT2D eigenvalue weighted by Gasteiger charge is -2.03. The molecule has 0 aliphatic heterocycles. The Hall–Kier alpha value is -1.90. The highest BCUT2D eigenvalue weighted by molar-refractivity contribution is 6.01. The standard InChI is InChI=1S/C12H13NO2/c1-4-11-7-5-6-8-12(11)9(2)13-15-10(3)14/h4-8H,1H2,2-3H3/b13-9+. The van der Waals surface area contributed by atoms with Crippen molar-refractivity contribution in [1.82, 2.24) is 0 Å². The number of hydrogen-bond acceptors (Lipinski definition) is 3. The lowest BCUT2D eigenvalue weighted by Crippen LogP contribution is -2.01. The molecular formula is C12H13NO2. The molecule has 0 atom stereocenters. The molecular weight excluding hydrogens is 190 g/mol. The van der Waals surface area contributed by atoms with Gasteiger partial charge in [-0.05, 0) is 12.5 Å². The summed E-state index contributed by atoms with van der Waals surface area (Å²) < 4.78 is 0. The number of hydrogen-bond donors (Lipinski definition) is 0. The highest BCUT2D eigenvalue weighted by Crippen LogP contribution is 2.11. The maximum Gasteiger partial charge on any atom is 0.331 e. The molecule has 1 rings (SSSR count). The summed E-state index contributed by atoms with van der Waals surface area (Å²) in [5.41, 5.74) is 2.53. The van der Waals surface area contributed by atoms with Crippen molar-refractivity contribution in [2.45, 2.75) is 13.8 Å². The second kappa shape index (κ2) is 5.10. The third-order valence-electron chi connectivity index (χ3n) is 1.88. The van der Waals surface area contributed by atoms with Crippen LogP contribution in [-0.2, 0) is 9.63 Å². The molecule has 0 bridgehead atoms. The Bertz CT molecular complexity index is 408. The van der Waals surface area contributed by atoms with Gasteiger partial charge in [0.25, 0.3) is 0 Å². The molecule has 0 saturated carbocycles. The molecule has 1 aromatic carbocycles. The van der Waals surface area contributed by atoms with Gasteiger partial charge in [0.15, 0.2) is 0 Å². The zero-order valence-corrected chi connectivity index (χ0v) is 8.86. The molecule has 0 heterocycles. The topological polar surface area (TPSA) is 38.7 Å². The summed E-state index contributed by atoms with van der Waals surface area (Å²) in [5.74, 6) is -0.426. The molecule has 3 heteroatoms. The quantitative estimate of drug-likeness (QED) is 0.430. The SMILES string of the molecule is C=Cc1ccccc1/C(C)=N/OC(C)=O. The second-order valence-electron chi connectivity index (χ2n) is 3.05. The van der Waals surface area contributed by atoms with Crippen LogP contribution >= 0.6 is 0 Å². The van der Waals surface area contributed by atoms with E-state index in [4.69, 9.17) is 0 Å². The third kappa shape index (κ3) is 3.06. The molecule has 0 aliphatic rings. The van der Waals surface area contributed by atoms with Crippen molar-refractivity contribution in [3.63, 3.8) is 0 Å². The highest BCUT2D eigenvalue weighted by atomic mass is 16.7. The van der Waals surface area contributed by atoms with E-state index in [9.17, 15) is 4.79 Å². The van der Waals surface area contributed by atoms with E-state index in [-0.39, 0.29) is 0 Å². The zero-order valence-electron chi connectivity index (χ0n) is 8.86. The van der Waals surface area contributed by atoms with Crippen LogP contribution in [0.25, 0.3) is 6.08 Å². The van der Waals surface area contributed by atoms with Crippen molar-refractivity contribution in [3.05, 3.63) is 42.0 Å². The van der Waals surface area contributed by atoms with Gasteiger partial charge < -0.3 is 4.84 Å². The number of carbonyl (C=O) groups excluding carboxylic acids is 1. The van der Waals surface area contributed by atoms with Crippen LogP contribution in [0.2, 0.25) is 0 Å². The van der Waals surface area contributed by atoms with E-state index in [1.165, 1.54) is 6.92 Å². The van der Waals surface area contributed by atoms with Crippen molar-refractivity contribution in [2.75, 3.05) is 0 Å². The van der Waals surface area contributed by atoms with Gasteiger partial charge in [0.1, 0.15) is 0 Å². The largest absolute Gasteiger partial charge is 0.331 e. The van der Waals surface area contributed by atoms with E-state index >= 15 is 0 Å². The molecule has 0 radical (unpaired) electrons. The van der Waals surface area contributed by atoms with E-state index < -0.39 is 5.97 Å². The molecule has 0 spiro atoms. The molecule has 0 unspecified atom stereocenters. The number of benzene rings is 1. The Labute approximate surface area is 89.1 Å². The van der Waals surface area contributed by atoms with Gasteiger partial charge in [-0.2, -0.15) is 0 Å². The lowest BCUT2D eigenvalue weighted by atomic mass is 10.0. The van der Waals surface area contributed by atoms with Gasteiger partial charge in [0, 0.05) is 12.5 Å². The van der Waals surface area contributed by atoms with Crippen LogP contribution in [0.1, 0.15) is 25.0 Å². The van der Waals surface area contributed by atoms with E-state index in [0.717, 1.165) is 11.1 Å². The van der Waals surface area contributed by atoms with Gasteiger partial charge in [-0.1, -0.05) is 42.1 Å². The van der Waals surface area contributed by atoms with E-state index in [1.807, 2.05) is 24.3 Å². The molecule has 1 aromatic rings. The fourth-order valence-electron chi connectivity index (χ4n) is 1.19. The van der Waals surface area contributed by atoms with Gasteiger partial charge in [0.05, 0.1) is 5.71 Å². The Balaban J connectivity index is 2.99. The summed E-state index contributed by atoms with van der Waals surface area (Å²) in [6.45, 7) is 6.81. The van der Waals surface area contributed by atoms with E-state index in [0.29, 0.717) is 5.71 Å². The first kappa shape index (κ1) is 11.2. The highest BCUT2D eigenvalue weighted by Gasteiger charge is 2.02. The first-order valence-corrected chi connectivity index (χ1v) is 4.59. The van der Waals surface area contributed by atoms with Crippen LogP contribution in [0.4, 0.5) is 0 Å². The normalized spacial score (nSPS) is 10.9. The number of nitrogens with zero attached hydrogens (tertiary/aromatic N) is 1. The van der Waals surface area contributed by atoms with Crippen LogP contribution in [0, 0.1) is 0 Å². The van der Waals surface area contributed by atoms with Crippen molar-refractivity contribution >= 4 is 17.8 Å². The number of oxime groups is 1. The summed E-state index contributed by atoms with van der Waals surface area (Å²) in [7, 11) is 0. The molecule has 3 nitrogen and oxygen atoms in total. The summed E-state index contributed by atoms with van der Waals surface area (Å²) in [6.07, 6.45) is 1.74. The summed E-state index contributed by atoms with van der Waals surface area (Å²) in [6, 6.07) is 7.64. The predicted molar refractivity (Wildman–Crippen MR) is 60.5 cm³/mol. The second-order valence-corrected chi connectivity index (χ2v) is 3.05. The minimum atomic E-state index is -0.426. The fourth-order valence-corrected chi connectivity index (χ4v) is 1.19. The molecule has 0 fully saturated rings. The average Bonchev–Trinajstić information content (AvgIpc) is 2.25. The van der Waals surface area contributed by atoms with Gasteiger partial charge in [-0.25, -0.2) is 4.79 Å². The van der Waals surface area contributed by atoms with Gasteiger partial charge in [-0.15, -0.1) is 0 Å². The first-order chi connectivity index (χ1) is 7.15. The van der Waals surface area contributed by atoms with Gasteiger partial charge >= 0.3 is 5.97 Å². The minimum absolute atomic E-state index is 0.426. The molecule has 15 heavy (non-hydrogen) atoms. The lowest BCUT2D eigenvalue weighted by molar-refractivity contribution is -0.140. The van der Waals surface area contributed by atoms with Crippen LogP contribution in [0.3, 0.4) is 0 Å². The van der Waals surface area contributed by atoms with Crippen LogP contribution in [0.5, 0.6) is 0 Å². The van der Waals surface area contributed by atoms with Crippen LogP contribution < -0.4 is 0 Å². The monoisotopic (exact) mass is 203 g/mol. The molecule has 0 saturated heterocycles. The molecule has 0 amide bonds. The van der Waals surface area contributed by atoms with Crippen molar-refractivity contribution in [1.29, 1.82) is 0 Å². The van der Waals surface area contributed by atoms with Crippen molar-refractivity contribution < 1.29 is 9.63 Å². The maximum absolute atomic E-state index is 10.6. The van der Waals surface area contributed by atoms with Gasteiger partial charge in [0.2, 0.25) is 0 Å². The molecule has 0 aliphatic carbocycles. The smallest absolute Gasteiger partial charge is 0.318 e. The Morgan fingerprint density at radius 3 is 2.67 bits per heavy atom. The summed E-state index contributed by atoms with van der Waals surface area (Å²) in [5, 5.41) is 3.72. The van der Waals surface area contributed by atoms with E-state index in [2.05, 4.69) is 16.6 Å². The average molecular weight is 203 g/mol. The molecule has 0 aromatic heterocycles. The third-order valence-corrected chi connectivity index (χ3v) is 1.88. The van der Waals surface area contributed by atoms with Crippen molar-refractivity contribution in [3.8, 4) is 0 Å². The summed E-state index contributed by atoms with van der Waals surface area (Å²) >= 11 is 0. The number of rotatable bonds is 3. The summed E-state index contributed by atoms with van der Waals surface area (Å²) in [4.78, 5) is 15.2. The number of carbonyl (C=O) groups is 1. The Kier molecular flexibility index (Phi) is 3.80. The van der Waals surface area contributed by atoms with E-state index in [1.54, 1.807) is 13.0 Å². The fraction of sp³-hybridized carbons (Fsp3) is 0.167. The van der Waals surface area contributed by atoms with Crippen molar-refractivity contribution in [2.24, 2.45) is 5.16 Å². The van der Waals surface area contributed by atoms with Gasteiger partial charge in [-0.3, -0.25) is 0 Å². The predicted octanol–water partition coefficient (Wildman–Crippen LogP) is 2.62. The Morgan fingerprint density at radius 2 is 2.07 bits per heavy atom.